The van der Waals surface area contributed by atoms with E-state index in [0.29, 0.717) is 36.4 Å². The number of ether oxygens (including phenoxy) is 1. The molecule has 196 valence electrons. The molecular formula is C26H26ClN7O4. The molecule has 0 atom stereocenters. The number of rotatable bonds is 7. The van der Waals surface area contributed by atoms with Crippen LogP contribution in [0.25, 0.3) is 22.6 Å². The Morgan fingerprint density at radius 3 is 2.42 bits per heavy atom. The lowest BCUT2D eigenvalue weighted by atomic mass is 9.95. The van der Waals surface area contributed by atoms with Gasteiger partial charge in [0.2, 0.25) is 11.9 Å². The number of piperidine rings is 1. The highest BCUT2D eigenvalue weighted by molar-refractivity contribution is 6.33. The van der Waals surface area contributed by atoms with Crippen LogP contribution >= 0.6 is 11.6 Å². The van der Waals surface area contributed by atoms with E-state index in [1.807, 2.05) is 35.9 Å². The van der Waals surface area contributed by atoms with Crippen LogP contribution in [0.4, 0.5) is 11.6 Å². The minimum atomic E-state index is -0.406. The number of carbonyl (C=O) groups is 1. The van der Waals surface area contributed by atoms with E-state index in [1.165, 1.54) is 12.1 Å². The van der Waals surface area contributed by atoms with E-state index in [9.17, 15) is 14.9 Å². The normalized spacial score (nSPS) is 14.5. The second-order valence-electron chi connectivity index (χ2n) is 9.20. The topological polar surface area (TPSA) is 128 Å². The van der Waals surface area contributed by atoms with Gasteiger partial charge >= 0.3 is 0 Å². The Morgan fingerprint density at radius 1 is 1.11 bits per heavy atom. The highest BCUT2D eigenvalue weighted by atomic mass is 35.5. The number of likely N-dealkylation sites (tertiary alicyclic amines) is 1. The summed E-state index contributed by atoms with van der Waals surface area (Å²) in [6, 6.07) is 14.1. The number of hydrogen-bond donors (Lipinski definition) is 1. The number of anilines is 1. The molecule has 2 aromatic carbocycles. The summed E-state index contributed by atoms with van der Waals surface area (Å²) in [6.07, 6.45) is 1.37. The predicted molar refractivity (Wildman–Crippen MR) is 143 cm³/mol. The third kappa shape index (κ3) is 5.29. The molecule has 2 aromatic heterocycles. The van der Waals surface area contributed by atoms with Crippen molar-refractivity contribution in [2.45, 2.75) is 19.4 Å². The lowest BCUT2D eigenvalue weighted by molar-refractivity contribution is -0.384. The average Bonchev–Trinajstić information content (AvgIpc) is 3.26. The van der Waals surface area contributed by atoms with Gasteiger partial charge in [0.05, 0.1) is 12.0 Å². The second kappa shape index (κ2) is 10.7. The Kier molecular flexibility index (Phi) is 7.21. The molecule has 1 fully saturated rings. The van der Waals surface area contributed by atoms with E-state index in [0.717, 1.165) is 30.0 Å². The number of non-ortho nitro benzene ring substituents is 1. The van der Waals surface area contributed by atoms with Crippen molar-refractivity contribution >= 4 is 40.3 Å². The monoisotopic (exact) mass is 535 g/mol. The number of methoxy groups -OCH3 is 1. The van der Waals surface area contributed by atoms with Crippen LogP contribution in [-0.2, 0) is 18.4 Å². The van der Waals surface area contributed by atoms with E-state index < -0.39 is 4.92 Å². The summed E-state index contributed by atoms with van der Waals surface area (Å²) in [5.74, 6) is 1.23. The molecule has 1 N–H and O–H groups in total. The number of benzene rings is 2. The number of nitrogens with zero attached hydrogens (tertiary/aromatic N) is 6. The van der Waals surface area contributed by atoms with Crippen LogP contribution in [0.5, 0.6) is 5.75 Å². The number of amides is 1. The lowest BCUT2D eigenvalue weighted by Gasteiger charge is -2.31. The van der Waals surface area contributed by atoms with E-state index >= 15 is 0 Å². The number of halogens is 1. The van der Waals surface area contributed by atoms with Crippen LogP contribution in [0, 0.1) is 16.0 Å². The first kappa shape index (κ1) is 25.6. The van der Waals surface area contributed by atoms with Crippen molar-refractivity contribution in [1.82, 2.24) is 24.4 Å². The summed E-state index contributed by atoms with van der Waals surface area (Å²) >= 11 is 6.43. The molecule has 0 bridgehead atoms. The van der Waals surface area contributed by atoms with Crippen LogP contribution in [0.3, 0.4) is 0 Å². The third-order valence-electron chi connectivity index (χ3n) is 6.77. The average molecular weight is 536 g/mol. The van der Waals surface area contributed by atoms with Gasteiger partial charge in [-0.2, -0.15) is 9.97 Å². The summed E-state index contributed by atoms with van der Waals surface area (Å²) < 4.78 is 7.04. The van der Waals surface area contributed by atoms with Crippen molar-refractivity contribution in [1.29, 1.82) is 0 Å². The van der Waals surface area contributed by atoms with Crippen molar-refractivity contribution < 1.29 is 14.5 Å². The molecule has 1 amide bonds. The zero-order valence-corrected chi connectivity index (χ0v) is 21.7. The molecule has 3 heterocycles. The van der Waals surface area contributed by atoms with Gasteiger partial charge in [-0.1, -0.05) is 23.7 Å². The number of fused-ring (bicyclic) bond motifs is 1. The largest absolute Gasteiger partial charge is 0.497 e. The Hall–Kier alpha value is -4.09. The molecule has 0 unspecified atom stereocenters. The number of carbonyl (C=O) groups excluding carboxylic acids is 1. The zero-order chi connectivity index (χ0) is 26.8. The SMILES string of the molecule is COc1ccc(-c2nc3c(Cl)nc(NC(=O)C4CCN(Cc5ccc([N+](=O)[O-])cc5)CC4)nc3n2C)cc1. The van der Waals surface area contributed by atoms with Crippen LogP contribution in [0.2, 0.25) is 5.15 Å². The number of aromatic nitrogens is 4. The van der Waals surface area contributed by atoms with Gasteiger partial charge in [0.25, 0.3) is 5.69 Å². The molecule has 1 aliphatic rings. The maximum atomic E-state index is 13.0. The second-order valence-corrected chi connectivity index (χ2v) is 9.55. The van der Waals surface area contributed by atoms with Gasteiger partial charge in [-0.15, -0.1) is 0 Å². The maximum absolute atomic E-state index is 13.0. The Labute approximate surface area is 223 Å². The quantitative estimate of drug-likeness (QED) is 0.209. The first-order chi connectivity index (χ1) is 18.3. The van der Waals surface area contributed by atoms with Gasteiger partial charge in [0, 0.05) is 37.2 Å². The minimum Gasteiger partial charge on any atom is -0.497 e. The number of nitrogens with one attached hydrogen (secondary N) is 1. The van der Waals surface area contributed by atoms with Gasteiger partial charge in [-0.05, 0) is 55.8 Å². The predicted octanol–water partition coefficient (Wildman–Crippen LogP) is 4.45. The van der Waals surface area contributed by atoms with Crippen molar-refractivity contribution in [3.8, 4) is 17.1 Å². The van der Waals surface area contributed by atoms with Gasteiger partial charge < -0.3 is 9.30 Å². The van der Waals surface area contributed by atoms with Gasteiger partial charge in [0.15, 0.2) is 10.8 Å². The third-order valence-corrected chi connectivity index (χ3v) is 7.03. The molecule has 38 heavy (non-hydrogen) atoms. The lowest BCUT2D eigenvalue weighted by Crippen LogP contribution is -2.38. The Morgan fingerprint density at radius 2 is 1.79 bits per heavy atom. The highest BCUT2D eigenvalue weighted by Gasteiger charge is 2.26. The van der Waals surface area contributed by atoms with Gasteiger partial charge in [0.1, 0.15) is 17.1 Å². The minimum absolute atomic E-state index is 0.0766. The summed E-state index contributed by atoms with van der Waals surface area (Å²) in [4.78, 5) is 39.1. The maximum Gasteiger partial charge on any atom is 0.269 e. The zero-order valence-electron chi connectivity index (χ0n) is 20.9. The van der Waals surface area contributed by atoms with Crippen LogP contribution in [-0.4, -0.2) is 55.4 Å². The van der Waals surface area contributed by atoms with Crippen molar-refractivity contribution in [2.24, 2.45) is 13.0 Å². The summed E-state index contributed by atoms with van der Waals surface area (Å²) in [5, 5.41) is 13.8. The van der Waals surface area contributed by atoms with Gasteiger partial charge in [-0.3, -0.25) is 25.1 Å². The van der Waals surface area contributed by atoms with Crippen molar-refractivity contribution in [3.05, 3.63) is 69.4 Å². The Bertz CT molecular complexity index is 1480. The van der Waals surface area contributed by atoms with E-state index in [2.05, 4.69) is 25.2 Å². The molecule has 1 saturated heterocycles. The molecule has 12 heteroatoms. The number of nitro benzene ring substituents is 1. The molecule has 0 aliphatic carbocycles. The van der Waals surface area contributed by atoms with E-state index in [-0.39, 0.29) is 28.6 Å². The van der Waals surface area contributed by atoms with Gasteiger partial charge in [-0.25, -0.2) is 4.98 Å². The molecular weight excluding hydrogens is 510 g/mol. The van der Waals surface area contributed by atoms with Crippen molar-refractivity contribution in [2.75, 3.05) is 25.5 Å². The fourth-order valence-corrected chi connectivity index (χ4v) is 4.84. The smallest absolute Gasteiger partial charge is 0.269 e. The molecule has 0 spiro atoms. The van der Waals surface area contributed by atoms with Crippen LogP contribution in [0.1, 0.15) is 18.4 Å². The van der Waals surface area contributed by atoms with E-state index in [4.69, 9.17) is 16.3 Å². The molecule has 5 rings (SSSR count). The fourth-order valence-electron chi connectivity index (χ4n) is 4.63. The number of hydrogen-bond acceptors (Lipinski definition) is 8. The molecule has 4 aromatic rings. The molecule has 1 aliphatic heterocycles. The van der Waals surface area contributed by atoms with Crippen LogP contribution < -0.4 is 10.1 Å². The molecule has 0 saturated carbocycles. The first-order valence-corrected chi connectivity index (χ1v) is 12.5. The number of aryl methyl sites for hydroxylation is 1. The Balaban J connectivity index is 1.23. The molecule has 11 nitrogen and oxygen atoms in total. The van der Waals surface area contributed by atoms with Crippen molar-refractivity contribution in [3.63, 3.8) is 0 Å². The number of imidazole rings is 1. The number of nitro groups is 1. The van der Waals surface area contributed by atoms with Crippen LogP contribution in [0.15, 0.2) is 48.5 Å². The highest BCUT2D eigenvalue weighted by Crippen LogP contribution is 2.29. The molecule has 0 radical (unpaired) electrons. The first-order valence-electron chi connectivity index (χ1n) is 12.1. The summed E-state index contributed by atoms with van der Waals surface area (Å²) in [5.41, 5.74) is 2.92. The standard InChI is InChI=1S/C26H26ClN7O4/c1-32-23(17-5-9-20(38-2)10-6-17)28-21-22(27)29-26(30-24(21)32)31-25(35)18-11-13-33(14-12-18)15-16-3-7-19(8-4-16)34(36)37/h3-10,18H,11-15H2,1-2H3,(H,29,30,31,35). The fraction of sp³-hybridized carbons (Fsp3) is 0.308. The van der Waals surface area contributed by atoms with E-state index in [1.54, 1.807) is 19.2 Å². The summed E-state index contributed by atoms with van der Waals surface area (Å²) in [6.45, 7) is 2.16. The summed E-state index contributed by atoms with van der Waals surface area (Å²) in [7, 11) is 3.45.